The molecule has 1 aliphatic rings. The Hall–Kier alpha value is -1.88. The lowest BCUT2D eigenvalue weighted by Gasteiger charge is -2.28. The summed E-state index contributed by atoms with van der Waals surface area (Å²) >= 11 is 0. The molecule has 1 heterocycles. The van der Waals surface area contributed by atoms with Gasteiger partial charge in [-0.3, -0.25) is 0 Å². The fourth-order valence-corrected chi connectivity index (χ4v) is 4.12. The summed E-state index contributed by atoms with van der Waals surface area (Å²) in [5, 5.41) is 3.15. The summed E-state index contributed by atoms with van der Waals surface area (Å²) in [6.07, 6.45) is 0. The van der Waals surface area contributed by atoms with Gasteiger partial charge < -0.3 is 10.1 Å². The first-order valence-corrected chi connectivity index (χ1v) is 8.27. The van der Waals surface area contributed by atoms with Gasteiger partial charge in [0.25, 0.3) is 0 Å². The molecule has 5 heteroatoms. The SMILES string of the molecule is COC(=O)C1=C(C)NC(C)=C([S@@](=O)c2ccc(C)cc2)[C@H]1C. The molecular weight excluding hydrogens is 298 g/mol. The number of benzene rings is 1. The van der Waals surface area contributed by atoms with Crippen LogP contribution >= 0.6 is 0 Å². The number of ether oxygens (including phenoxy) is 1. The van der Waals surface area contributed by atoms with E-state index in [0.29, 0.717) is 5.57 Å². The van der Waals surface area contributed by atoms with Gasteiger partial charge in [0.15, 0.2) is 0 Å². The minimum Gasteiger partial charge on any atom is -0.466 e. The molecule has 118 valence electrons. The van der Waals surface area contributed by atoms with Crippen LogP contribution in [0.5, 0.6) is 0 Å². The summed E-state index contributed by atoms with van der Waals surface area (Å²) in [5.74, 6) is -0.640. The molecule has 0 unspecified atom stereocenters. The Morgan fingerprint density at radius 1 is 1.14 bits per heavy atom. The Balaban J connectivity index is 2.42. The van der Waals surface area contributed by atoms with Gasteiger partial charge in [0.05, 0.1) is 23.5 Å². The summed E-state index contributed by atoms with van der Waals surface area (Å²) < 4.78 is 17.8. The molecule has 1 aliphatic heterocycles. The number of dihydropyridines is 1. The van der Waals surface area contributed by atoms with Crippen molar-refractivity contribution in [1.82, 2.24) is 5.32 Å². The zero-order chi connectivity index (χ0) is 16.4. The smallest absolute Gasteiger partial charge is 0.336 e. The van der Waals surface area contributed by atoms with E-state index in [1.165, 1.54) is 7.11 Å². The molecule has 0 radical (unpaired) electrons. The van der Waals surface area contributed by atoms with Crippen LogP contribution in [-0.2, 0) is 20.3 Å². The molecule has 0 bridgehead atoms. The van der Waals surface area contributed by atoms with Gasteiger partial charge in [-0.25, -0.2) is 9.00 Å². The predicted octanol–water partition coefficient (Wildman–Crippen LogP) is 3.02. The average molecular weight is 319 g/mol. The van der Waals surface area contributed by atoms with Crippen molar-refractivity contribution in [2.75, 3.05) is 7.11 Å². The van der Waals surface area contributed by atoms with Gasteiger partial charge in [-0.15, -0.1) is 0 Å². The van der Waals surface area contributed by atoms with E-state index < -0.39 is 10.8 Å². The molecule has 0 amide bonds. The quantitative estimate of drug-likeness (QED) is 0.870. The lowest BCUT2D eigenvalue weighted by atomic mass is 9.95. The molecule has 0 saturated heterocycles. The number of allylic oxidation sites excluding steroid dienone is 3. The number of rotatable bonds is 3. The topological polar surface area (TPSA) is 55.4 Å². The highest BCUT2D eigenvalue weighted by atomic mass is 32.2. The van der Waals surface area contributed by atoms with E-state index >= 15 is 0 Å². The zero-order valence-corrected chi connectivity index (χ0v) is 14.3. The maximum atomic E-state index is 12.9. The third-order valence-electron chi connectivity index (χ3n) is 3.82. The molecule has 0 fully saturated rings. The number of hydrogen-bond acceptors (Lipinski definition) is 4. The number of nitrogens with one attached hydrogen (secondary N) is 1. The number of carbonyl (C=O) groups excluding carboxylic acids is 1. The van der Waals surface area contributed by atoms with Gasteiger partial charge in [0, 0.05) is 27.1 Å². The second-order valence-electron chi connectivity index (χ2n) is 5.45. The van der Waals surface area contributed by atoms with Gasteiger partial charge in [0.2, 0.25) is 0 Å². The van der Waals surface area contributed by atoms with Crippen LogP contribution in [0.1, 0.15) is 26.3 Å². The normalized spacial score (nSPS) is 19.8. The highest BCUT2D eigenvalue weighted by Gasteiger charge is 2.32. The minimum absolute atomic E-state index is 0.254. The van der Waals surface area contributed by atoms with Crippen LogP contribution in [0, 0.1) is 12.8 Å². The minimum atomic E-state index is -1.32. The Morgan fingerprint density at radius 2 is 1.73 bits per heavy atom. The van der Waals surface area contributed by atoms with E-state index in [4.69, 9.17) is 4.74 Å². The second-order valence-corrected chi connectivity index (χ2v) is 6.90. The summed E-state index contributed by atoms with van der Waals surface area (Å²) in [6.45, 7) is 7.60. The third kappa shape index (κ3) is 2.99. The Bertz CT molecular complexity index is 686. The van der Waals surface area contributed by atoms with Crippen molar-refractivity contribution in [3.63, 3.8) is 0 Å². The van der Waals surface area contributed by atoms with E-state index in [-0.39, 0.29) is 11.9 Å². The average Bonchev–Trinajstić information content (AvgIpc) is 2.46. The van der Waals surface area contributed by atoms with E-state index in [0.717, 1.165) is 26.8 Å². The van der Waals surface area contributed by atoms with Crippen LogP contribution < -0.4 is 5.32 Å². The van der Waals surface area contributed by atoms with Crippen molar-refractivity contribution < 1.29 is 13.7 Å². The van der Waals surface area contributed by atoms with E-state index in [2.05, 4.69) is 5.32 Å². The standard InChI is InChI=1S/C17H21NO3S/c1-10-6-8-14(9-7-10)22(20)16-11(2)15(17(19)21-5)12(3)18-13(16)4/h6-9,11,18H,1-5H3/t11-,22-/m0/s1. The summed E-state index contributed by atoms with van der Waals surface area (Å²) in [6, 6.07) is 7.60. The van der Waals surface area contributed by atoms with Gasteiger partial charge in [-0.1, -0.05) is 24.6 Å². The molecule has 1 aromatic carbocycles. The summed E-state index contributed by atoms with van der Waals surface area (Å²) in [7, 11) is 0.0410. The molecule has 22 heavy (non-hydrogen) atoms. The Morgan fingerprint density at radius 3 is 2.27 bits per heavy atom. The van der Waals surface area contributed by atoms with E-state index in [9.17, 15) is 9.00 Å². The van der Waals surface area contributed by atoms with E-state index in [1.807, 2.05) is 52.0 Å². The summed E-state index contributed by atoms with van der Waals surface area (Å²) in [5.41, 5.74) is 3.23. The van der Waals surface area contributed by atoms with Crippen molar-refractivity contribution in [1.29, 1.82) is 0 Å². The van der Waals surface area contributed by atoms with Crippen molar-refractivity contribution in [3.05, 3.63) is 51.7 Å². The number of hydrogen-bond donors (Lipinski definition) is 1. The van der Waals surface area contributed by atoms with Crippen LogP contribution in [0.2, 0.25) is 0 Å². The van der Waals surface area contributed by atoms with Crippen molar-refractivity contribution >= 4 is 16.8 Å². The molecule has 1 N–H and O–H groups in total. The lowest BCUT2D eigenvalue weighted by Crippen LogP contribution is -2.29. The van der Waals surface area contributed by atoms with Crippen molar-refractivity contribution in [2.45, 2.75) is 32.6 Å². The monoisotopic (exact) mass is 319 g/mol. The number of carbonyl (C=O) groups is 1. The third-order valence-corrected chi connectivity index (χ3v) is 5.57. The first-order chi connectivity index (χ1) is 10.4. The van der Waals surface area contributed by atoms with Gasteiger partial charge >= 0.3 is 5.97 Å². The van der Waals surface area contributed by atoms with Crippen LogP contribution in [0.25, 0.3) is 0 Å². The highest BCUT2D eigenvalue weighted by molar-refractivity contribution is 7.89. The van der Waals surface area contributed by atoms with Crippen LogP contribution in [0.15, 0.2) is 51.0 Å². The van der Waals surface area contributed by atoms with Crippen molar-refractivity contribution in [3.8, 4) is 0 Å². The van der Waals surface area contributed by atoms with Crippen molar-refractivity contribution in [2.24, 2.45) is 5.92 Å². The first-order valence-electron chi connectivity index (χ1n) is 7.12. The first kappa shape index (κ1) is 16.5. The van der Waals surface area contributed by atoms with Crippen LogP contribution in [-0.4, -0.2) is 17.3 Å². The maximum absolute atomic E-state index is 12.9. The van der Waals surface area contributed by atoms with Gasteiger partial charge in [0.1, 0.15) is 0 Å². The molecule has 0 aromatic heterocycles. The van der Waals surface area contributed by atoms with E-state index in [1.54, 1.807) is 0 Å². The Labute approximate surface area is 133 Å². The molecule has 2 atom stereocenters. The van der Waals surface area contributed by atoms with Crippen LogP contribution in [0.4, 0.5) is 0 Å². The molecule has 0 saturated carbocycles. The Kier molecular flexibility index (Phi) is 4.86. The van der Waals surface area contributed by atoms with Crippen LogP contribution in [0.3, 0.4) is 0 Å². The van der Waals surface area contributed by atoms with Gasteiger partial charge in [-0.05, 0) is 32.9 Å². The second kappa shape index (κ2) is 6.48. The maximum Gasteiger partial charge on any atom is 0.336 e. The van der Waals surface area contributed by atoms with Gasteiger partial charge in [-0.2, -0.15) is 0 Å². The molecule has 0 aliphatic carbocycles. The largest absolute Gasteiger partial charge is 0.466 e. The fraction of sp³-hybridized carbons (Fsp3) is 0.353. The molecule has 4 nitrogen and oxygen atoms in total. The lowest BCUT2D eigenvalue weighted by molar-refractivity contribution is -0.136. The zero-order valence-electron chi connectivity index (χ0n) is 13.5. The molecule has 0 spiro atoms. The number of esters is 1. The predicted molar refractivity (Wildman–Crippen MR) is 87.3 cm³/mol. The number of methoxy groups -OCH3 is 1. The molecule has 2 rings (SSSR count). The molecular formula is C17H21NO3S. The number of aryl methyl sites for hydroxylation is 1. The fourth-order valence-electron chi connectivity index (χ4n) is 2.72. The summed E-state index contributed by atoms with van der Waals surface area (Å²) in [4.78, 5) is 13.5. The molecule has 1 aromatic rings. The highest BCUT2D eigenvalue weighted by Crippen LogP contribution is 2.34.